The zero-order chi connectivity index (χ0) is 22.8. The second kappa shape index (κ2) is 8.89. The van der Waals surface area contributed by atoms with Gasteiger partial charge < -0.3 is 25.7 Å². The quantitative estimate of drug-likeness (QED) is 0.472. The lowest BCUT2D eigenvalue weighted by Crippen LogP contribution is -2.36. The average Bonchev–Trinajstić information content (AvgIpc) is 3.27. The molecule has 1 aliphatic heterocycles. The molecule has 3 heterocycles. The number of amides is 3. The van der Waals surface area contributed by atoms with Crippen LogP contribution in [-0.4, -0.2) is 45.3 Å². The van der Waals surface area contributed by atoms with E-state index in [4.69, 9.17) is 4.74 Å². The van der Waals surface area contributed by atoms with Crippen molar-refractivity contribution in [3.8, 4) is 5.75 Å². The van der Waals surface area contributed by atoms with E-state index in [0.29, 0.717) is 28.0 Å². The lowest BCUT2D eigenvalue weighted by molar-refractivity contribution is -0.118. The topological polar surface area (TPSA) is 138 Å². The van der Waals surface area contributed by atoms with Crippen LogP contribution in [0.3, 0.4) is 0 Å². The van der Waals surface area contributed by atoms with E-state index in [1.165, 1.54) is 12.7 Å². The number of hydrogen-bond donors (Lipinski definition) is 4. The fraction of sp³-hybridized carbons (Fsp3) is 0.348. The molecule has 2 aromatic heterocycles. The Labute approximate surface area is 189 Å². The number of ether oxygens (including phenoxy) is 1. The van der Waals surface area contributed by atoms with Crippen LogP contribution in [0.2, 0.25) is 0 Å². The maximum absolute atomic E-state index is 12.9. The van der Waals surface area contributed by atoms with E-state index >= 15 is 0 Å². The van der Waals surface area contributed by atoms with Crippen LogP contribution in [0.1, 0.15) is 58.5 Å². The first-order valence-corrected chi connectivity index (χ1v) is 11.0. The molecule has 170 valence electrons. The van der Waals surface area contributed by atoms with Gasteiger partial charge in [-0.05, 0) is 30.5 Å². The molecule has 0 atom stereocenters. The number of rotatable bonds is 5. The standard InChI is InChI=1S/C23H24N6O4/c30-18-11-33-17-7-6-13(8-16(17)29-18)9-25-23(32)21-20-19(26-12-27-21)15(10-24-20)22(31)28-14-4-2-1-3-5-14/h6-8,10,12,14,24H,1-5,9,11H2,(H,25,32)(H,28,31)(H,29,30). The van der Waals surface area contributed by atoms with Gasteiger partial charge in [-0.15, -0.1) is 0 Å². The predicted molar refractivity (Wildman–Crippen MR) is 120 cm³/mol. The number of carbonyl (C=O) groups excluding carboxylic acids is 3. The van der Waals surface area contributed by atoms with Gasteiger partial charge in [-0.3, -0.25) is 14.4 Å². The van der Waals surface area contributed by atoms with Crippen molar-refractivity contribution in [1.82, 2.24) is 25.6 Å². The van der Waals surface area contributed by atoms with Gasteiger partial charge in [0.15, 0.2) is 12.3 Å². The van der Waals surface area contributed by atoms with Crippen LogP contribution in [0.25, 0.3) is 11.0 Å². The molecule has 3 aromatic rings. The van der Waals surface area contributed by atoms with Crippen LogP contribution in [0.5, 0.6) is 5.75 Å². The molecule has 0 radical (unpaired) electrons. The number of benzene rings is 1. The molecule has 33 heavy (non-hydrogen) atoms. The Bertz CT molecular complexity index is 1230. The summed E-state index contributed by atoms with van der Waals surface area (Å²) in [6, 6.07) is 5.49. The van der Waals surface area contributed by atoms with Crippen molar-refractivity contribution in [1.29, 1.82) is 0 Å². The van der Waals surface area contributed by atoms with Crippen LogP contribution < -0.4 is 20.7 Å². The van der Waals surface area contributed by atoms with E-state index in [-0.39, 0.29) is 36.7 Å². The minimum Gasteiger partial charge on any atom is -0.482 e. The zero-order valence-corrected chi connectivity index (χ0v) is 17.9. The second-order valence-electron chi connectivity index (χ2n) is 8.31. The van der Waals surface area contributed by atoms with Gasteiger partial charge in [-0.2, -0.15) is 0 Å². The molecule has 0 saturated heterocycles. The number of nitrogens with one attached hydrogen (secondary N) is 4. The summed E-state index contributed by atoms with van der Waals surface area (Å²) in [6.07, 6.45) is 8.27. The number of aromatic amines is 1. The van der Waals surface area contributed by atoms with E-state index in [1.807, 2.05) is 6.07 Å². The largest absolute Gasteiger partial charge is 0.482 e. The van der Waals surface area contributed by atoms with Gasteiger partial charge in [-0.25, -0.2) is 9.97 Å². The van der Waals surface area contributed by atoms with Crippen LogP contribution >= 0.6 is 0 Å². The molecule has 5 rings (SSSR count). The lowest BCUT2D eigenvalue weighted by Gasteiger charge is -2.22. The van der Waals surface area contributed by atoms with Gasteiger partial charge in [0.25, 0.3) is 17.7 Å². The van der Waals surface area contributed by atoms with Crippen molar-refractivity contribution in [2.24, 2.45) is 0 Å². The number of aromatic nitrogens is 3. The Morgan fingerprint density at radius 2 is 1.97 bits per heavy atom. The Hall–Kier alpha value is -3.95. The van der Waals surface area contributed by atoms with Gasteiger partial charge in [0.1, 0.15) is 17.6 Å². The first-order valence-electron chi connectivity index (χ1n) is 11.0. The Morgan fingerprint density at radius 3 is 2.82 bits per heavy atom. The third-order valence-electron chi connectivity index (χ3n) is 5.99. The highest BCUT2D eigenvalue weighted by molar-refractivity contribution is 6.10. The Morgan fingerprint density at radius 1 is 1.12 bits per heavy atom. The number of carbonyl (C=O) groups is 3. The molecular formula is C23H24N6O4. The summed E-state index contributed by atoms with van der Waals surface area (Å²) in [5.41, 5.74) is 2.74. The average molecular weight is 448 g/mol. The van der Waals surface area contributed by atoms with Crippen LogP contribution in [0.15, 0.2) is 30.7 Å². The van der Waals surface area contributed by atoms with Crippen LogP contribution in [0, 0.1) is 0 Å². The summed E-state index contributed by atoms with van der Waals surface area (Å²) in [7, 11) is 0. The Balaban J connectivity index is 1.29. The summed E-state index contributed by atoms with van der Waals surface area (Å²) >= 11 is 0. The molecule has 0 bridgehead atoms. The first-order chi connectivity index (χ1) is 16.1. The Kier molecular flexibility index (Phi) is 5.64. The van der Waals surface area contributed by atoms with E-state index in [0.717, 1.165) is 31.2 Å². The second-order valence-corrected chi connectivity index (χ2v) is 8.31. The summed E-state index contributed by atoms with van der Waals surface area (Å²) in [5.74, 6) is -0.229. The third kappa shape index (κ3) is 4.36. The summed E-state index contributed by atoms with van der Waals surface area (Å²) in [4.78, 5) is 48.5. The van der Waals surface area contributed by atoms with Crippen molar-refractivity contribution < 1.29 is 19.1 Å². The van der Waals surface area contributed by atoms with Gasteiger partial charge in [0.05, 0.1) is 16.8 Å². The van der Waals surface area contributed by atoms with E-state index in [1.54, 1.807) is 18.3 Å². The first kappa shape index (κ1) is 20.9. The van der Waals surface area contributed by atoms with Crippen LogP contribution in [-0.2, 0) is 11.3 Å². The van der Waals surface area contributed by atoms with Crippen molar-refractivity contribution in [2.45, 2.75) is 44.7 Å². The highest BCUT2D eigenvalue weighted by atomic mass is 16.5. The fourth-order valence-electron chi connectivity index (χ4n) is 4.30. The molecule has 0 spiro atoms. The minimum atomic E-state index is -0.401. The normalized spacial score (nSPS) is 15.9. The van der Waals surface area contributed by atoms with Gasteiger partial charge in [0, 0.05) is 18.8 Å². The highest BCUT2D eigenvalue weighted by Crippen LogP contribution is 2.28. The zero-order valence-electron chi connectivity index (χ0n) is 17.9. The highest BCUT2D eigenvalue weighted by Gasteiger charge is 2.22. The van der Waals surface area contributed by atoms with Gasteiger partial charge in [0.2, 0.25) is 0 Å². The van der Waals surface area contributed by atoms with Crippen molar-refractivity contribution in [3.05, 3.63) is 47.5 Å². The molecular weight excluding hydrogens is 424 g/mol. The van der Waals surface area contributed by atoms with E-state index in [9.17, 15) is 14.4 Å². The lowest BCUT2D eigenvalue weighted by atomic mass is 9.95. The number of hydrogen-bond acceptors (Lipinski definition) is 6. The van der Waals surface area contributed by atoms with Gasteiger partial charge >= 0.3 is 0 Å². The maximum atomic E-state index is 12.9. The molecule has 1 saturated carbocycles. The molecule has 2 aliphatic rings. The van der Waals surface area contributed by atoms with Crippen molar-refractivity contribution in [2.75, 3.05) is 11.9 Å². The summed E-state index contributed by atoms with van der Waals surface area (Å²) in [6.45, 7) is 0.215. The predicted octanol–water partition coefficient (Wildman–Crippen LogP) is 2.28. The molecule has 10 heteroatoms. The minimum absolute atomic E-state index is 0.0103. The van der Waals surface area contributed by atoms with E-state index < -0.39 is 5.91 Å². The molecule has 1 aliphatic carbocycles. The molecule has 10 nitrogen and oxygen atoms in total. The van der Waals surface area contributed by atoms with Crippen molar-refractivity contribution >= 4 is 34.4 Å². The fourth-order valence-corrected chi connectivity index (χ4v) is 4.30. The number of fused-ring (bicyclic) bond motifs is 2. The van der Waals surface area contributed by atoms with Crippen LogP contribution in [0.4, 0.5) is 5.69 Å². The monoisotopic (exact) mass is 448 g/mol. The number of nitrogens with zero attached hydrogens (tertiary/aromatic N) is 2. The summed E-state index contributed by atoms with van der Waals surface area (Å²) in [5, 5.41) is 8.65. The number of anilines is 1. The molecule has 4 N–H and O–H groups in total. The molecule has 1 aromatic carbocycles. The summed E-state index contributed by atoms with van der Waals surface area (Å²) < 4.78 is 5.35. The molecule has 3 amide bonds. The third-order valence-corrected chi connectivity index (χ3v) is 5.99. The molecule has 0 unspecified atom stereocenters. The van der Waals surface area contributed by atoms with E-state index in [2.05, 4.69) is 30.9 Å². The van der Waals surface area contributed by atoms with Crippen molar-refractivity contribution in [3.63, 3.8) is 0 Å². The smallest absolute Gasteiger partial charge is 0.272 e. The SMILES string of the molecule is O=C1COc2ccc(CNC(=O)c3ncnc4c(C(=O)NC5CCCCC5)c[nH]c34)cc2N1. The number of H-pyrrole nitrogens is 1. The molecule has 1 fully saturated rings. The maximum Gasteiger partial charge on any atom is 0.272 e. The van der Waals surface area contributed by atoms with Gasteiger partial charge in [-0.1, -0.05) is 25.3 Å².